The molecule has 0 radical (unpaired) electrons. The number of nitrogens with two attached hydrogens (primary N) is 1. The minimum Gasteiger partial charge on any atom is -0.364 e. The van der Waals surface area contributed by atoms with Gasteiger partial charge in [0, 0.05) is 31.0 Å². The molecule has 0 bridgehead atoms. The Morgan fingerprint density at radius 3 is 2.58 bits per heavy atom. The Hall–Kier alpha value is -1.36. The first-order chi connectivity index (χ1) is 8.91. The number of nitrogens with zero attached hydrogens (tertiary/aromatic N) is 2. The summed E-state index contributed by atoms with van der Waals surface area (Å²) in [5.74, 6) is 0.813. The van der Waals surface area contributed by atoms with Crippen molar-refractivity contribution >= 4 is 5.82 Å². The molecule has 0 spiro atoms. The van der Waals surface area contributed by atoms with Gasteiger partial charge >= 0.3 is 0 Å². The molecular formula is C14H26N4O. The molecule has 1 heterocycles. The molecule has 0 aromatic carbocycles. The predicted molar refractivity (Wildman–Crippen MR) is 79.3 cm³/mol. The average Bonchev–Trinajstić information content (AvgIpc) is 2.39. The van der Waals surface area contributed by atoms with Gasteiger partial charge < -0.3 is 15.6 Å². The lowest BCUT2D eigenvalue weighted by Gasteiger charge is -2.27. The molecule has 1 rings (SSSR count). The summed E-state index contributed by atoms with van der Waals surface area (Å²) >= 11 is 0. The van der Waals surface area contributed by atoms with E-state index in [1.165, 1.54) is 0 Å². The minimum absolute atomic E-state index is 0.0780. The van der Waals surface area contributed by atoms with Crippen molar-refractivity contribution in [1.29, 1.82) is 0 Å². The highest BCUT2D eigenvalue weighted by Gasteiger charge is 2.20. The summed E-state index contributed by atoms with van der Waals surface area (Å²) in [6.45, 7) is 9.54. The molecule has 5 nitrogen and oxygen atoms in total. The van der Waals surface area contributed by atoms with E-state index in [0.29, 0.717) is 24.8 Å². The van der Waals surface area contributed by atoms with Gasteiger partial charge in [-0.25, -0.2) is 4.98 Å². The van der Waals surface area contributed by atoms with Crippen LogP contribution in [0.1, 0.15) is 40.5 Å². The maximum absolute atomic E-state index is 12.2. The van der Waals surface area contributed by atoms with Crippen LogP contribution in [0.25, 0.3) is 0 Å². The van der Waals surface area contributed by atoms with E-state index in [2.05, 4.69) is 38.0 Å². The molecule has 0 saturated heterocycles. The van der Waals surface area contributed by atoms with Crippen molar-refractivity contribution in [2.24, 2.45) is 11.7 Å². The van der Waals surface area contributed by atoms with Gasteiger partial charge in [0.25, 0.3) is 5.56 Å². The number of aromatic nitrogens is 2. The molecule has 0 unspecified atom stereocenters. The summed E-state index contributed by atoms with van der Waals surface area (Å²) in [5, 5.41) is 3.10. The lowest BCUT2D eigenvalue weighted by molar-refractivity contribution is 0.417. The van der Waals surface area contributed by atoms with E-state index in [0.717, 1.165) is 12.8 Å². The molecule has 19 heavy (non-hydrogen) atoms. The van der Waals surface area contributed by atoms with Gasteiger partial charge in [0.05, 0.1) is 0 Å². The van der Waals surface area contributed by atoms with Crippen LogP contribution < -0.4 is 16.6 Å². The Morgan fingerprint density at radius 2 is 2.05 bits per heavy atom. The molecule has 0 atom stereocenters. The SMILES string of the molecule is CCC(N)(CC)CNc1nccn(CC(C)C)c1=O. The third-order valence-corrected chi connectivity index (χ3v) is 3.49. The lowest BCUT2D eigenvalue weighted by Crippen LogP contribution is -2.46. The Morgan fingerprint density at radius 1 is 1.42 bits per heavy atom. The van der Waals surface area contributed by atoms with Gasteiger partial charge in [-0.15, -0.1) is 0 Å². The van der Waals surface area contributed by atoms with Crippen LogP contribution in [0.4, 0.5) is 5.82 Å². The second-order valence-electron chi connectivity index (χ2n) is 5.55. The molecule has 0 aliphatic carbocycles. The van der Waals surface area contributed by atoms with Crippen molar-refractivity contribution in [2.45, 2.75) is 52.6 Å². The van der Waals surface area contributed by atoms with Crippen molar-refractivity contribution in [2.75, 3.05) is 11.9 Å². The van der Waals surface area contributed by atoms with Crippen molar-refractivity contribution in [3.63, 3.8) is 0 Å². The molecule has 1 aromatic rings. The Kier molecular flexibility index (Phi) is 5.54. The quantitative estimate of drug-likeness (QED) is 0.789. The second kappa shape index (κ2) is 6.70. The highest BCUT2D eigenvalue weighted by Crippen LogP contribution is 2.11. The van der Waals surface area contributed by atoms with Crippen LogP contribution in [-0.2, 0) is 6.54 Å². The maximum atomic E-state index is 12.2. The van der Waals surface area contributed by atoms with E-state index in [1.54, 1.807) is 17.0 Å². The number of hydrogen-bond donors (Lipinski definition) is 2. The van der Waals surface area contributed by atoms with Gasteiger partial charge in [0.2, 0.25) is 0 Å². The van der Waals surface area contributed by atoms with Gasteiger partial charge in [-0.2, -0.15) is 0 Å². The van der Waals surface area contributed by atoms with Gasteiger partial charge in [0.1, 0.15) is 0 Å². The zero-order chi connectivity index (χ0) is 14.5. The first kappa shape index (κ1) is 15.7. The monoisotopic (exact) mass is 266 g/mol. The molecule has 108 valence electrons. The fraction of sp³-hybridized carbons (Fsp3) is 0.714. The topological polar surface area (TPSA) is 72.9 Å². The van der Waals surface area contributed by atoms with Crippen LogP contribution >= 0.6 is 0 Å². The van der Waals surface area contributed by atoms with Gasteiger partial charge in [-0.3, -0.25) is 4.79 Å². The fourth-order valence-corrected chi connectivity index (χ4v) is 1.87. The van der Waals surface area contributed by atoms with E-state index in [1.807, 2.05) is 0 Å². The maximum Gasteiger partial charge on any atom is 0.293 e. The smallest absolute Gasteiger partial charge is 0.293 e. The zero-order valence-corrected chi connectivity index (χ0v) is 12.4. The summed E-state index contributed by atoms with van der Waals surface area (Å²) in [5.41, 5.74) is 5.85. The summed E-state index contributed by atoms with van der Waals surface area (Å²) in [6, 6.07) is 0. The molecule has 0 aliphatic rings. The standard InChI is InChI=1S/C14H26N4O/c1-5-14(15,6-2)10-17-12-13(19)18(8-7-16-12)9-11(3)4/h7-8,11H,5-6,9-10,15H2,1-4H3,(H,16,17). The minimum atomic E-state index is -0.285. The first-order valence-corrected chi connectivity index (χ1v) is 7.00. The van der Waals surface area contributed by atoms with Crippen LogP contribution in [0.5, 0.6) is 0 Å². The molecule has 5 heteroatoms. The van der Waals surface area contributed by atoms with Crippen LogP contribution in [0, 0.1) is 5.92 Å². The van der Waals surface area contributed by atoms with E-state index in [-0.39, 0.29) is 11.1 Å². The number of anilines is 1. The van der Waals surface area contributed by atoms with E-state index in [4.69, 9.17) is 5.73 Å². The Labute approximate surface area is 115 Å². The number of rotatable bonds is 7. The van der Waals surface area contributed by atoms with Gasteiger partial charge in [-0.1, -0.05) is 27.7 Å². The predicted octanol–water partition coefficient (Wildman–Crippen LogP) is 1.83. The highest BCUT2D eigenvalue weighted by atomic mass is 16.1. The molecule has 1 aromatic heterocycles. The van der Waals surface area contributed by atoms with E-state index < -0.39 is 0 Å². The number of nitrogens with one attached hydrogen (secondary N) is 1. The molecule has 0 aliphatic heterocycles. The molecule has 3 N–H and O–H groups in total. The number of hydrogen-bond acceptors (Lipinski definition) is 4. The third-order valence-electron chi connectivity index (χ3n) is 3.49. The average molecular weight is 266 g/mol. The van der Waals surface area contributed by atoms with Crippen LogP contribution in [0.2, 0.25) is 0 Å². The largest absolute Gasteiger partial charge is 0.364 e. The molecule has 0 amide bonds. The normalized spacial score (nSPS) is 11.9. The van der Waals surface area contributed by atoms with Gasteiger partial charge in [-0.05, 0) is 18.8 Å². The van der Waals surface area contributed by atoms with Crippen LogP contribution in [-0.4, -0.2) is 21.6 Å². The highest BCUT2D eigenvalue weighted by molar-refractivity contribution is 5.31. The summed E-state index contributed by atoms with van der Waals surface area (Å²) in [7, 11) is 0. The van der Waals surface area contributed by atoms with Crippen molar-refractivity contribution in [3.05, 3.63) is 22.7 Å². The summed E-state index contributed by atoms with van der Waals surface area (Å²) < 4.78 is 1.69. The molecular weight excluding hydrogens is 240 g/mol. The van der Waals surface area contributed by atoms with Crippen LogP contribution in [0.3, 0.4) is 0 Å². The van der Waals surface area contributed by atoms with Crippen molar-refractivity contribution < 1.29 is 0 Å². The van der Waals surface area contributed by atoms with Gasteiger partial charge in [0.15, 0.2) is 5.82 Å². The fourth-order valence-electron chi connectivity index (χ4n) is 1.87. The third kappa shape index (κ3) is 4.35. The van der Waals surface area contributed by atoms with E-state index in [9.17, 15) is 4.79 Å². The first-order valence-electron chi connectivity index (χ1n) is 7.00. The van der Waals surface area contributed by atoms with Crippen LogP contribution in [0.15, 0.2) is 17.2 Å². The van der Waals surface area contributed by atoms with E-state index >= 15 is 0 Å². The zero-order valence-electron chi connectivity index (χ0n) is 12.4. The molecule has 0 saturated carbocycles. The lowest BCUT2D eigenvalue weighted by atomic mass is 9.94. The summed E-state index contributed by atoms with van der Waals surface area (Å²) in [6.07, 6.45) is 5.11. The Bertz CT molecular complexity index is 449. The van der Waals surface area contributed by atoms with Crippen molar-refractivity contribution in [3.8, 4) is 0 Å². The summed E-state index contributed by atoms with van der Waals surface area (Å²) in [4.78, 5) is 16.3. The molecule has 0 fully saturated rings. The Balaban J connectivity index is 2.82. The van der Waals surface area contributed by atoms with Crippen molar-refractivity contribution in [1.82, 2.24) is 9.55 Å². The second-order valence-corrected chi connectivity index (χ2v) is 5.55.